The van der Waals surface area contributed by atoms with Crippen molar-refractivity contribution in [2.24, 2.45) is 0 Å². The summed E-state index contributed by atoms with van der Waals surface area (Å²) < 4.78 is 17.8. The molecule has 0 aromatic carbocycles. The number of ether oxygens (including phenoxy) is 3. The van der Waals surface area contributed by atoms with Gasteiger partial charge in [0.1, 0.15) is 36.6 Å². The van der Waals surface area contributed by atoms with Crippen LogP contribution in [0.25, 0.3) is 0 Å². The van der Waals surface area contributed by atoms with E-state index >= 15 is 0 Å². The number of rotatable bonds is 55. The molecule has 0 saturated heterocycles. The number of hydrogen-bond donors (Lipinski definition) is 5. The maximum Gasteiger partial charge on any atom is 0.306 e. The lowest BCUT2D eigenvalue weighted by molar-refractivity contribution is -0.151. The second kappa shape index (κ2) is 51.6. The first-order chi connectivity index (χ1) is 33.6. The quantitative estimate of drug-likeness (QED) is 0.0291. The standard InChI is InChI=1S/C58H115NO10/c1-5-9-13-17-23-31-39-51(40-32-24-18-14-10-6-2)68-55(63)43-35-27-21-29-37-45-59(47-48-67-50-54(62)58(66)57(65)53(61)49-60)46-38-30-22-28-36-44-56(64)69-52(41-33-25-19-15-11-7-3)42-34-26-20-16-12-8-4/h51-54,57-58,60-62,65-66H,5-50H2,1-4H3/t53-,54-,57-,58-/m0/s1. The number of aliphatic hydroxyl groups excluding tert-OH is 5. The summed E-state index contributed by atoms with van der Waals surface area (Å²) >= 11 is 0. The lowest BCUT2D eigenvalue weighted by Crippen LogP contribution is -2.47. The van der Waals surface area contributed by atoms with Gasteiger partial charge in [-0.3, -0.25) is 9.59 Å². The molecule has 5 N–H and O–H groups in total. The van der Waals surface area contributed by atoms with Gasteiger partial charge >= 0.3 is 11.9 Å². The second-order valence-corrected chi connectivity index (χ2v) is 20.7. The molecular formula is C58H115NO10. The van der Waals surface area contributed by atoms with Crippen LogP contribution in [0.15, 0.2) is 0 Å². The van der Waals surface area contributed by atoms with Crippen molar-refractivity contribution >= 4 is 11.9 Å². The maximum absolute atomic E-state index is 12.9. The number of nitrogens with zero attached hydrogens (tertiary/aromatic N) is 1. The minimum absolute atomic E-state index is 0.0361. The fraction of sp³-hybridized carbons (Fsp3) is 0.966. The van der Waals surface area contributed by atoms with Crippen LogP contribution in [0, 0.1) is 0 Å². The molecule has 0 heterocycles. The highest BCUT2D eigenvalue weighted by atomic mass is 16.5. The monoisotopic (exact) mass is 986 g/mol. The van der Waals surface area contributed by atoms with E-state index in [9.17, 15) is 30.0 Å². The van der Waals surface area contributed by atoms with E-state index in [-0.39, 0.29) is 30.8 Å². The van der Waals surface area contributed by atoms with E-state index in [1.807, 2.05) is 0 Å². The molecule has 0 fully saturated rings. The van der Waals surface area contributed by atoms with Crippen molar-refractivity contribution in [2.45, 2.75) is 321 Å². The summed E-state index contributed by atoms with van der Waals surface area (Å²) in [6, 6.07) is 0. The molecule has 0 spiro atoms. The van der Waals surface area contributed by atoms with Crippen LogP contribution >= 0.6 is 0 Å². The number of hydrogen-bond acceptors (Lipinski definition) is 11. The molecule has 0 aromatic heterocycles. The highest BCUT2D eigenvalue weighted by Crippen LogP contribution is 2.21. The number of esters is 2. The van der Waals surface area contributed by atoms with Gasteiger partial charge in [-0.15, -0.1) is 0 Å². The average Bonchev–Trinajstić information content (AvgIpc) is 3.34. The van der Waals surface area contributed by atoms with Crippen LogP contribution in [0.4, 0.5) is 0 Å². The molecular weight excluding hydrogens is 871 g/mol. The zero-order valence-corrected chi connectivity index (χ0v) is 45.7. The molecule has 0 bridgehead atoms. The van der Waals surface area contributed by atoms with Crippen LogP contribution < -0.4 is 0 Å². The third kappa shape index (κ3) is 43.9. The molecule has 0 aromatic rings. The predicted molar refractivity (Wildman–Crippen MR) is 286 cm³/mol. The highest BCUT2D eigenvalue weighted by molar-refractivity contribution is 5.69. The minimum atomic E-state index is -1.68. The van der Waals surface area contributed by atoms with Gasteiger partial charge in [0.15, 0.2) is 0 Å². The van der Waals surface area contributed by atoms with Crippen LogP contribution in [0.5, 0.6) is 0 Å². The summed E-state index contributed by atoms with van der Waals surface area (Å²) in [4.78, 5) is 28.2. The number of carbonyl (C=O) groups excluding carboxylic acids is 2. The van der Waals surface area contributed by atoms with E-state index in [2.05, 4.69) is 32.6 Å². The normalized spacial score (nSPS) is 13.7. The van der Waals surface area contributed by atoms with Crippen LogP contribution in [0.2, 0.25) is 0 Å². The van der Waals surface area contributed by atoms with Gasteiger partial charge in [-0.1, -0.05) is 195 Å². The summed E-state index contributed by atoms with van der Waals surface area (Å²) in [6.07, 6.45) is 38.8. The van der Waals surface area contributed by atoms with Crippen molar-refractivity contribution in [3.63, 3.8) is 0 Å². The molecule has 4 atom stereocenters. The molecule has 69 heavy (non-hydrogen) atoms. The Morgan fingerprint density at radius 3 is 1.04 bits per heavy atom. The van der Waals surface area contributed by atoms with Gasteiger partial charge in [-0.25, -0.2) is 0 Å². The van der Waals surface area contributed by atoms with E-state index < -0.39 is 31.0 Å². The summed E-state index contributed by atoms with van der Waals surface area (Å²) in [6.45, 7) is 10.9. The average molecular weight is 987 g/mol. The van der Waals surface area contributed by atoms with Crippen molar-refractivity contribution < 1.29 is 49.3 Å². The molecule has 0 unspecified atom stereocenters. The van der Waals surface area contributed by atoms with E-state index in [1.165, 1.54) is 128 Å². The number of aliphatic hydroxyl groups is 5. The Balaban J connectivity index is 4.87. The SMILES string of the molecule is CCCCCCCCC(CCCCCCCC)OC(=O)CCCCCCCN(CCCCCCCC(=O)OC(CCCCCCCC)CCCCCCCC)CCOC[C@H](O)[C@H](O)[C@@H](O)[C@@H](O)CO. The van der Waals surface area contributed by atoms with Gasteiger partial charge in [0, 0.05) is 19.4 Å². The van der Waals surface area contributed by atoms with Crippen molar-refractivity contribution in [2.75, 3.05) is 39.5 Å². The summed E-state index contributed by atoms with van der Waals surface area (Å²) in [5.41, 5.74) is 0. The molecule has 0 aliphatic rings. The Hall–Kier alpha value is -1.34. The molecule has 0 saturated carbocycles. The van der Waals surface area contributed by atoms with E-state index in [1.54, 1.807) is 0 Å². The minimum Gasteiger partial charge on any atom is -0.462 e. The molecule has 0 aliphatic heterocycles. The Bertz CT molecular complexity index is 987. The molecule has 0 radical (unpaired) electrons. The van der Waals surface area contributed by atoms with Crippen LogP contribution in [-0.4, -0.2) is 118 Å². The Morgan fingerprint density at radius 1 is 0.391 bits per heavy atom. The van der Waals surface area contributed by atoms with Gasteiger partial charge in [0.25, 0.3) is 0 Å². The van der Waals surface area contributed by atoms with Crippen LogP contribution in [-0.2, 0) is 23.8 Å². The van der Waals surface area contributed by atoms with E-state index in [0.717, 1.165) is 129 Å². The Morgan fingerprint density at radius 2 is 0.696 bits per heavy atom. The van der Waals surface area contributed by atoms with Crippen LogP contribution in [0.3, 0.4) is 0 Å². The van der Waals surface area contributed by atoms with Crippen molar-refractivity contribution in [1.29, 1.82) is 0 Å². The Labute approximate surface area is 425 Å². The van der Waals surface area contributed by atoms with Crippen molar-refractivity contribution in [3.05, 3.63) is 0 Å². The van der Waals surface area contributed by atoms with Crippen molar-refractivity contribution in [3.8, 4) is 0 Å². The summed E-state index contributed by atoms with van der Waals surface area (Å²) in [7, 11) is 0. The lowest BCUT2D eigenvalue weighted by atomic mass is 10.0. The summed E-state index contributed by atoms with van der Waals surface area (Å²) in [5.74, 6) is -0.0721. The van der Waals surface area contributed by atoms with E-state index in [4.69, 9.17) is 19.3 Å². The van der Waals surface area contributed by atoms with E-state index in [0.29, 0.717) is 26.0 Å². The molecule has 412 valence electrons. The largest absolute Gasteiger partial charge is 0.462 e. The fourth-order valence-electron chi connectivity index (χ4n) is 9.29. The zero-order valence-electron chi connectivity index (χ0n) is 45.7. The van der Waals surface area contributed by atoms with Crippen molar-refractivity contribution in [1.82, 2.24) is 4.90 Å². The Kier molecular flexibility index (Phi) is 50.6. The third-order valence-electron chi connectivity index (χ3n) is 14.0. The number of carbonyl (C=O) groups is 2. The number of unbranched alkanes of at least 4 members (excludes halogenated alkanes) is 28. The predicted octanol–water partition coefficient (Wildman–Crippen LogP) is 13.2. The maximum atomic E-state index is 12.9. The molecule has 0 amide bonds. The first-order valence-electron chi connectivity index (χ1n) is 29.6. The topological polar surface area (TPSA) is 166 Å². The first kappa shape index (κ1) is 67.7. The highest BCUT2D eigenvalue weighted by Gasteiger charge is 2.30. The van der Waals surface area contributed by atoms with Gasteiger partial charge in [-0.05, 0) is 90.1 Å². The molecule has 0 rings (SSSR count). The fourth-order valence-corrected chi connectivity index (χ4v) is 9.29. The second-order valence-electron chi connectivity index (χ2n) is 20.7. The van der Waals surface area contributed by atoms with Crippen LogP contribution in [0.1, 0.15) is 285 Å². The van der Waals surface area contributed by atoms with Gasteiger partial charge in [-0.2, -0.15) is 0 Å². The smallest absolute Gasteiger partial charge is 0.306 e. The lowest BCUT2D eigenvalue weighted by Gasteiger charge is -2.26. The zero-order chi connectivity index (χ0) is 50.8. The third-order valence-corrected chi connectivity index (χ3v) is 14.0. The van der Waals surface area contributed by atoms with Gasteiger partial charge in [0.2, 0.25) is 0 Å². The molecule has 0 aliphatic carbocycles. The summed E-state index contributed by atoms with van der Waals surface area (Å²) in [5, 5.41) is 49.2. The molecule has 11 heteroatoms. The first-order valence-corrected chi connectivity index (χ1v) is 29.6. The molecule has 11 nitrogen and oxygen atoms in total. The van der Waals surface area contributed by atoms with Gasteiger partial charge < -0.3 is 44.6 Å². The van der Waals surface area contributed by atoms with Gasteiger partial charge in [0.05, 0.1) is 19.8 Å².